The van der Waals surface area contributed by atoms with Gasteiger partial charge in [-0.25, -0.2) is 4.79 Å². The molecule has 1 heterocycles. The van der Waals surface area contributed by atoms with Crippen LogP contribution >= 0.6 is 11.6 Å². The summed E-state index contributed by atoms with van der Waals surface area (Å²) in [6.07, 6.45) is 1.74. The quantitative estimate of drug-likeness (QED) is 0.199. The van der Waals surface area contributed by atoms with E-state index in [0.29, 0.717) is 35.2 Å². The largest absolute Gasteiger partial charge is 0.496 e. The number of benzene rings is 3. The summed E-state index contributed by atoms with van der Waals surface area (Å²) in [5.41, 5.74) is 4.73. The molecular formula is C36H48ClN3O5Si. The number of carbonyl (C=O) groups is 2. The first-order chi connectivity index (χ1) is 21.8. The van der Waals surface area contributed by atoms with Crippen molar-refractivity contribution in [3.05, 3.63) is 76.8 Å². The zero-order chi connectivity index (χ0) is 33.5. The molecule has 3 aromatic carbocycles. The number of aryl methyl sites for hydroxylation is 1. The molecule has 0 radical (unpaired) electrons. The molecule has 0 bridgehead atoms. The number of hydrogen-bond donors (Lipinski definition) is 2. The number of rotatable bonds is 11. The van der Waals surface area contributed by atoms with Gasteiger partial charge in [0.25, 0.3) is 0 Å². The smallest absolute Gasteiger partial charge is 0.411 e. The molecule has 0 unspecified atom stereocenters. The highest BCUT2D eigenvalue weighted by Crippen LogP contribution is 2.39. The van der Waals surface area contributed by atoms with E-state index in [9.17, 15) is 9.59 Å². The molecule has 3 aromatic rings. The molecule has 1 saturated heterocycles. The van der Waals surface area contributed by atoms with Crippen LogP contribution in [0.3, 0.4) is 0 Å². The monoisotopic (exact) mass is 665 g/mol. The van der Waals surface area contributed by atoms with Gasteiger partial charge >= 0.3 is 6.09 Å². The van der Waals surface area contributed by atoms with Gasteiger partial charge in [0.05, 0.1) is 30.1 Å². The van der Waals surface area contributed by atoms with Crippen LogP contribution in [0.2, 0.25) is 23.2 Å². The van der Waals surface area contributed by atoms with E-state index in [0.717, 1.165) is 48.2 Å². The first-order valence-electron chi connectivity index (χ1n) is 15.9. The lowest BCUT2D eigenvalue weighted by atomic mass is 9.99. The molecule has 0 aromatic heterocycles. The van der Waals surface area contributed by atoms with Gasteiger partial charge in [-0.2, -0.15) is 0 Å². The van der Waals surface area contributed by atoms with Crippen LogP contribution in [0.15, 0.2) is 60.7 Å². The van der Waals surface area contributed by atoms with Crippen LogP contribution in [-0.2, 0) is 27.0 Å². The number of carbonyl (C=O) groups excluding carboxylic acids is 2. The lowest BCUT2D eigenvalue weighted by Crippen LogP contribution is -2.40. The topological polar surface area (TPSA) is 89.1 Å². The van der Waals surface area contributed by atoms with Crippen molar-refractivity contribution in [1.29, 1.82) is 0 Å². The zero-order valence-electron chi connectivity index (χ0n) is 28.2. The van der Waals surface area contributed by atoms with Crippen molar-refractivity contribution in [2.75, 3.05) is 37.9 Å². The van der Waals surface area contributed by atoms with E-state index in [1.165, 1.54) is 0 Å². The third kappa shape index (κ3) is 9.57. The van der Waals surface area contributed by atoms with E-state index in [-0.39, 0.29) is 23.5 Å². The van der Waals surface area contributed by atoms with Crippen LogP contribution < -0.4 is 15.4 Å². The molecule has 0 atom stereocenters. The Balaban J connectivity index is 1.42. The normalized spacial score (nSPS) is 14.5. The summed E-state index contributed by atoms with van der Waals surface area (Å²) in [5.74, 6) is 0.426. The number of nitrogens with one attached hydrogen (secondary N) is 2. The van der Waals surface area contributed by atoms with Gasteiger partial charge in [0, 0.05) is 36.7 Å². The standard InChI is InChI=1S/C36H48ClN3O5Si/c1-36(2,3)46(6,7)44-24-27-22-30(37)32(23-33(27)43-5)38-34(41)16-14-25-13-15-29(26-11-9-8-10-12-26)31(21-25)39-35(42)45-28-17-19-40(4)20-18-28/h8-13,15,21-23,28H,14,16-20,24H2,1-7H3,(H,38,41)(H,39,42). The Labute approximate surface area is 279 Å². The number of ether oxygens (including phenoxy) is 2. The van der Waals surface area contributed by atoms with E-state index in [2.05, 4.69) is 56.4 Å². The van der Waals surface area contributed by atoms with Gasteiger partial charge in [-0.1, -0.05) is 74.8 Å². The van der Waals surface area contributed by atoms with Crippen molar-refractivity contribution >= 4 is 43.3 Å². The predicted molar refractivity (Wildman–Crippen MR) is 189 cm³/mol. The molecular weight excluding hydrogens is 618 g/mol. The second kappa shape index (κ2) is 15.5. The minimum absolute atomic E-state index is 0.0758. The molecule has 1 aliphatic heterocycles. The highest BCUT2D eigenvalue weighted by Gasteiger charge is 2.37. The van der Waals surface area contributed by atoms with Gasteiger partial charge in [0.2, 0.25) is 5.91 Å². The van der Waals surface area contributed by atoms with Gasteiger partial charge < -0.3 is 24.1 Å². The van der Waals surface area contributed by atoms with Gasteiger partial charge in [-0.15, -0.1) is 0 Å². The molecule has 248 valence electrons. The Morgan fingerprint density at radius 2 is 1.67 bits per heavy atom. The van der Waals surface area contributed by atoms with Crippen LogP contribution in [0.25, 0.3) is 11.1 Å². The van der Waals surface area contributed by atoms with Crippen molar-refractivity contribution in [2.45, 2.75) is 77.3 Å². The fourth-order valence-corrected chi connectivity index (χ4v) is 6.23. The molecule has 0 spiro atoms. The van der Waals surface area contributed by atoms with Crippen molar-refractivity contribution in [1.82, 2.24) is 4.90 Å². The SMILES string of the molecule is COc1cc(NC(=O)CCc2ccc(-c3ccccc3)c(NC(=O)OC3CCN(C)CC3)c2)c(Cl)cc1CO[Si](C)(C)C(C)(C)C. The Kier molecular flexibility index (Phi) is 11.9. The summed E-state index contributed by atoms with van der Waals surface area (Å²) in [6.45, 7) is 13.2. The number of hydrogen-bond acceptors (Lipinski definition) is 6. The van der Waals surface area contributed by atoms with E-state index >= 15 is 0 Å². The maximum absolute atomic E-state index is 13.1. The Morgan fingerprint density at radius 3 is 2.33 bits per heavy atom. The Bertz CT molecular complexity index is 1500. The molecule has 46 heavy (non-hydrogen) atoms. The summed E-state index contributed by atoms with van der Waals surface area (Å²) in [4.78, 5) is 28.2. The number of anilines is 2. The van der Waals surface area contributed by atoms with Crippen molar-refractivity contribution < 1.29 is 23.5 Å². The fraction of sp³-hybridized carbons (Fsp3) is 0.444. The molecule has 4 rings (SSSR count). The first-order valence-corrected chi connectivity index (χ1v) is 19.2. The Morgan fingerprint density at radius 1 is 0.978 bits per heavy atom. The molecule has 0 aliphatic carbocycles. The van der Waals surface area contributed by atoms with Crippen molar-refractivity contribution in [3.8, 4) is 16.9 Å². The number of methoxy groups -OCH3 is 1. The maximum Gasteiger partial charge on any atom is 0.411 e. The molecule has 2 amide bonds. The van der Waals surface area contributed by atoms with Crippen LogP contribution in [0.5, 0.6) is 5.75 Å². The van der Waals surface area contributed by atoms with Gasteiger partial charge in [0.1, 0.15) is 11.9 Å². The molecule has 10 heteroatoms. The average molecular weight is 666 g/mol. The molecule has 0 saturated carbocycles. The van der Waals surface area contributed by atoms with Crippen molar-refractivity contribution in [2.24, 2.45) is 0 Å². The van der Waals surface area contributed by atoms with Gasteiger partial charge in [-0.05, 0) is 67.7 Å². The third-order valence-electron chi connectivity index (χ3n) is 9.02. The van der Waals surface area contributed by atoms with Crippen LogP contribution in [0, 0.1) is 0 Å². The molecule has 1 fully saturated rings. The summed E-state index contributed by atoms with van der Waals surface area (Å²) in [5, 5.41) is 6.41. The molecule has 8 nitrogen and oxygen atoms in total. The highest BCUT2D eigenvalue weighted by atomic mass is 35.5. The van der Waals surface area contributed by atoms with E-state index in [4.69, 9.17) is 25.5 Å². The van der Waals surface area contributed by atoms with Crippen LogP contribution in [0.1, 0.15) is 51.2 Å². The summed E-state index contributed by atoms with van der Waals surface area (Å²) in [7, 11) is 1.70. The third-order valence-corrected chi connectivity index (χ3v) is 13.8. The number of piperidine rings is 1. The van der Waals surface area contributed by atoms with Crippen LogP contribution in [0.4, 0.5) is 16.2 Å². The number of amides is 2. The summed E-state index contributed by atoms with van der Waals surface area (Å²) < 4.78 is 17.8. The molecule has 2 N–H and O–H groups in total. The van der Waals surface area contributed by atoms with E-state index < -0.39 is 14.4 Å². The number of likely N-dealkylation sites (tertiary alicyclic amines) is 1. The van der Waals surface area contributed by atoms with Crippen LogP contribution in [-0.4, -0.2) is 58.6 Å². The highest BCUT2D eigenvalue weighted by molar-refractivity contribution is 6.74. The number of halogens is 1. The first kappa shape index (κ1) is 35.5. The average Bonchev–Trinajstić information content (AvgIpc) is 3.01. The maximum atomic E-state index is 13.1. The predicted octanol–water partition coefficient (Wildman–Crippen LogP) is 8.75. The molecule has 1 aliphatic rings. The minimum atomic E-state index is -1.97. The lowest BCUT2D eigenvalue weighted by molar-refractivity contribution is -0.116. The fourth-order valence-electron chi connectivity index (χ4n) is 5.05. The van der Waals surface area contributed by atoms with Gasteiger partial charge in [0.15, 0.2) is 8.32 Å². The second-order valence-corrected chi connectivity index (χ2v) is 18.7. The summed E-state index contributed by atoms with van der Waals surface area (Å²) in [6, 6.07) is 19.3. The summed E-state index contributed by atoms with van der Waals surface area (Å²) >= 11 is 6.61. The second-order valence-electron chi connectivity index (χ2n) is 13.5. The van der Waals surface area contributed by atoms with Crippen molar-refractivity contribution in [3.63, 3.8) is 0 Å². The van der Waals surface area contributed by atoms with E-state index in [1.54, 1.807) is 19.2 Å². The number of nitrogens with zero attached hydrogens (tertiary/aromatic N) is 1. The van der Waals surface area contributed by atoms with Gasteiger partial charge in [-0.3, -0.25) is 10.1 Å². The van der Waals surface area contributed by atoms with E-state index in [1.807, 2.05) is 48.5 Å². The zero-order valence-corrected chi connectivity index (χ0v) is 29.9. The lowest BCUT2D eigenvalue weighted by Gasteiger charge is -2.36. The Hall–Kier alpha value is -3.37. The minimum Gasteiger partial charge on any atom is -0.496 e.